The highest BCUT2D eigenvalue weighted by molar-refractivity contribution is 7.90. The van der Waals surface area contributed by atoms with Crippen LogP contribution < -0.4 is 41.3 Å². The normalized spacial score (nSPS) is 32.9. The molecular formula is C48H80Cl4N10O10S2. The Balaban J connectivity index is 0.735. The standard InChI is InChI=1S/C48H80Cl4N10O10S2/c1-61-25-37(35-15-31(49)17-41(51)39(35)27-61)29-5-9-33(10-6-29)73(69,70)59-23-47(67)57-21-45(65)55-19-43(63)53-13-3-4-14-54-44(64)20-56-46(66)22-58-48(68)24-60-74(71,72)34-11-7-30(8-12-34)38-26-62(2)28-40-36(38)16-32(50)18-42(40)52/h29-42,59-60H,3-28H2,1-2H3,(H,53,63)(H,54,64)(H,55,65)(H,56,66)(H,57,67)(H,58,68). The fourth-order valence-corrected chi connectivity index (χ4v) is 17.7. The molecule has 0 bridgehead atoms. The molecule has 0 aromatic carbocycles. The maximum Gasteiger partial charge on any atom is 0.239 e. The van der Waals surface area contributed by atoms with Crippen molar-refractivity contribution in [2.24, 2.45) is 47.3 Å². The minimum atomic E-state index is -3.77. The number of hydrogen-bond acceptors (Lipinski definition) is 12. The molecule has 4 saturated carbocycles. The molecule has 0 radical (unpaired) electrons. The number of halogens is 4. The zero-order valence-corrected chi connectivity index (χ0v) is 47.4. The molecule has 2 heterocycles. The molecule has 0 aromatic heterocycles. The number of hydrogen-bond donors (Lipinski definition) is 8. The van der Waals surface area contributed by atoms with Crippen molar-refractivity contribution < 1.29 is 45.6 Å². The van der Waals surface area contributed by atoms with Crippen molar-refractivity contribution in [1.82, 2.24) is 51.1 Å². The Kier molecular flexibility index (Phi) is 23.5. The first-order valence-electron chi connectivity index (χ1n) is 26.6. The number of nitrogens with zero attached hydrogens (tertiary/aromatic N) is 2. The van der Waals surface area contributed by atoms with Gasteiger partial charge >= 0.3 is 0 Å². The SMILES string of the molecule is CN1CC2C(Cl)CC(Cl)CC2C(C2CCC(S(=O)(=O)NCC(=O)NCC(=O)NCC(=O)NCCCCNC(=O)CNC(=O)CNC(=O)CNS(=O)(=O)C3CCC(C4CN(C)CC5C(Cl)CC(Cl)CC54)CC3)CC2)C1. The third-order valence-electron chi connectivity index (χ3n) is 16.7. The third kappa shape index (κ3) is 18.1. The molecule has 26 heteroatoms. The lowest BCUT2D eigenvalue weighted by molar-refractivity contribution is -0.127. The molecule has 10 unspecified atom stereocenters. The van der Waals surface area contributed by atoms with Crippen molar-refractivity contribution in [2.75, 3.05) is 92.6 Å². The van der Waals surface area contributed by atoms with Gasteiger partial charge in [-0.25, -0.2) is 26.3 Å². The summed E-state index contributed by atoms with van der Waals surface area (Å²) < 4.78 is 57.3. The van der Waals surface area contributed by atoms with Crippen LogP contribution in [0.2, 0.25) is 0 Å². The molecule has 0 aromatic rings. The topological polar surface area (TPSA) is 273 Å². The Labute approximate surface area is 457 Å². The van der Waals surface area contributed by atoms with Crippen LogP contribution in [0.4, 0.5) is 0 Å². The van der Waals surface area contributed by atoms with E-state index < -0.39 is 92.2 Å². The molecule has 10 atom stereocenters. The van der Waals surface area contributed by atoms with E-state index in [4.69, 9.17) is 46.4 Å². The van der Waals surface area contributed by atoms with E-state index in [0.29, 0.717) is 85.9 Å². The summed E-state index contributed by atoms with van der Waals surface area (Å²) in [5.74, 6) is -0.345. The number of carbonyl (C=O) groups excluding carboxylic acids is 6. The fraction of sp³-hybridized carbons (Fsp3) is 0.875. The summed E-state index contributed by atoms with van der Waals surface area (Å²) in [6, 6.07) is 0. The second-order valence-electron chi connectivity index (χ2n) is 21.9. The van der Waals surface area contributed by atoms with Gasteiger partial charge in [-0.15, -0.1) is 46.4 Å². The van der Waals surface area contributed by atoms with E-state index >= 15 is 0 Å². The third-order valence-corrected chi connectivity index (χ3v) is 22.2. The largest absolute Gasteiger partial charge is 0.355 e. The van der Waals surface area contributed by atoms with Crippen molar-refractivity contribution in [3.05, 3.63) is 0 Å². The average Bonchev–Trinajstić information content (AvgIpc) is 3.36. The van der Waals surface area contributed by atoms with Crippen LogP contribution in [0, 0.1) is 47.3 Å². The number of amides is 6. The molecule has 0 spiro atoms. The van der Waals surface area contributed by atoms with Crippen LogP contribution in [0.3, 0.4) is 0 Å². The summed E-state index contributed by atoms with van der Waals surface area (Å²) in [7, 11) is -3.31. The van der Waals surface area contributed by atoms with Crippen LogP contribution in [-0.2, 0) is 48.8 Å². The second kappa shape index (κ2) is 28.6. The number of unbranched alkanes of at least 4 members (excludes halogenated alkanes) is 1. The van der Waals surface area contributed by atoms with Crippen LogP contribution in [0.15, 0.2) is 0 Å². The first-order chi connectivity index (χ1) is 35.1. The van der Waals surface area contributed by atoms with Crippen molar-refractivity contribution in [1.29, 1.82) is 0 Å². The summed E-state index contributed by atoms with van der Waals surface area (Å²) in [4.78, 5) is 78.5. The monoisotopic (exact) mass is 1160 g/mol. The van der Waals surface area contributed by atoms with Crippen LogP contribution in [0.1, 0.15) is 89.9 Å². The van der Waals surface area contributed by atoms with Gasteiger partial charge in [-0.1, -0.05) is 0 Å². The predicted molar refractivity (Wildman–Crippen MR) is 286 cm³/mol. The van der Waals surface area contributed by atoms with Crippen LogP contribution in [0.25, 0.3) is 0 Å². The predicted octanol–water partition coefficient (Wildman–Crippen LogP) is 1.03. The highest BCUT2D eigenvalue weighted by atomic mass is 35.5. The molecule has 8 N–H and O–H groups in total. The van der Waals surface area contributed by atoms with Gasteiger partial charge in [0.25, 0.3) is 0 Å². The van der Waals surface area contributed by atoms with Gasteiger partial charge in [-0.3, -0.25) is 28.8 Å². The number of alkyl halides is 4. The Bertz CT molecular complexity index is 2010. The number of sulfonamides is 2. The van der Waals surface area contributed by atoms with E-state index in [1.54, 1.807) is 0 Å². The highest BCUT2D eigenvalue weighted by Gasteiger charge is 2.49. The quantitative estimate of drug-likeness (QED) is 0.0527. The van der Waals surface area contributed by atoms with E-state index in [0.717, 1.165) is 77.5 Å². The first kappa shape index (κ1) is 60.9. The number of nitrogens with one attached hydrogen (secondary N) is 8. The minimum Gasteiger partial charge on any atom is -0.355 e. The summed E-state index contributed by atoms with van der Waals surface area (Å²) in [5.41, 5.74) is 0. The van der Waals surface area contributed by atoms with Crippen LogP contribution in [-0.4, -0.2) is 187 Å². The number of rotatable bonds is 23. The zero-order chi connectivity index (χ0) is 53.7. The van der Waals surface area contributed by atoms with E-state index in [2.05, 4.69) is 65.2 Å². The Morgan fingerprint density at radius 3 is 1.04 bits per heavy atom. The number of piperidine rings is 2. The molecule has 6 rings (SSSR count). The van der Waals surface area contributed by atoms with Crippen molar-refractivity contribution in [3.63, 3.8) is 0 Å². The number of likely N-dealkylation sites (tertiary alicyclic amines) is 2. The number of carbonyl (C=O) groups is 6. The van der Waals surface area contributed by atoms with E-state index in [1.165, 1.54) is 0 Å². The van der Waals surface area contributed by atoms with Gasteiger partial charge < -0.3 is 41.7 Å². The smallest absolute Gasteiger partial charge is 0.239 e. The van der Waals surface area contributed by atoms with Crippen molar-refractivity contribution in [3.8, 4) is 0 Å². The van der Waals surface area contributed by atoms with Gasteiger partial charge in [0.05, 0.1) is 49.8 Å². The van der Waals surface area contributed by atoms with Crippen LogP contribution in [0.5, 0.6) is 0 Å². The molecule has 4 aliphatic carbocycles. The molecule has 6 aliphatic rings. The molecule has 20 nitrogen and oxygen atoms in total. The van der Waals surface area contributed by atoms with Gasteiger partial charge in [0.15, 0.2) is 0 Å². The molecule has 2 saturated heterocycles. The summed E-state index contributed by atoms with van der Waals surface area (Å²) >= 11 is 26.7. The molecule has 422 valence electrons. The lowest BCUT2D eigenvalue weighted by Gasteiger charge is -2.51. The van der Waals surface area contributed by atoms with Crippen LogP contribution >= 0.6 is 46.4 Å². The molecular weight excluding hydrogens is 1080 g/mol. The van der Waals surface area contributed by atoms with Crippen molar-refractivity contribution in [2.45, 2.75) is 122 Å². The summed E-state index contributed by atoms with van der Waals surface area (Å²) in [6.07, 6.45) is 9.56. The van der Waals surface area contributed by atoms with E-state index in [1.807, 2.05) is 0 Å². The Hall–Kier alpha value is -2.28. The van der Waals surface area contributed by atoms with Gasteiger partial charge in [0, 0.05) is 60.8 Å². The minimum absolute atomic E-state index is 0.0465. The van der Waals surface area contributed by atoms with E-state index in [-0.39, 0.29) is 47.7 Å². The molecule has 6 amide bonds. The maximum atomic E-state index is 13.1. The summed E-state index contributed by atoms with van der Waals surface area (Å²) in [5, 5.41) is 13.8. The fourth-order valence-electron chi connectivity index (χ4n) is 12.9. The Morgan fingerprint density at radius 1 is 0.405 bits per heavy atom. The average molecular weight is 1160 g/mol. The lowest BCUT2D eigenvalue weighted by Crippen LogP contribution is -2.53. The van der Waals surface area contributed by atoms with Gasteiger partial charge in [-0.2, -0.15) is 0 Å². The second-order valence-corrected chi connectivity index (χ2v) is 28.4. The van der Waals surface area contributed by atoms with E-state index in [9.17, 15) is 45.6 Å². The zero-order valence-electron chi connectivity index (χ0n) is 42.8. The highest BCUT2D eigenvalue weighted by Crippen LogP contribution is 2.50. The molecule has 74 heavy (non-hydrogen) atoms. The van der Waals surface area contributed by atoms with Crippen molar-refractivity contribution >= 4 is 102 Å². The summed E-state index contributed by atoms with van der Waals surface area (Å²) in [6.45, 7) is 1.70. The van der Waals surface area contributed by atoms with Gasteiger partial charge in [0.2, 0.25) is 55.5 Å². The lowest BCUT2D eigenvalue weighted by atomic mass is 9.63. The molecule has 2 aliphatic heterocycles. The Morgan fingerprint density at radius 2 is 0.703 bits per heavy atom. The number of fused-ring (bicyclic) bond motifs is 2. The van der Waals surface area contributed by atoms with Gasteiger partial charge in [0.1, 0.15) is 0 Å². The maximum absolute atomic E-state index is 13.1. The first-order valence-corrected chi connectivity index (χ1v) is 31.4. The van der Waals surface area contributed by atoms with Gasteiger partial charge in [-0.05, 0) is 151 Å². The molecule has 6 fully saturated rings.